The second kappa shape index (κ2) is 7.38. The number of carbonyl (C=O) groups excluding carboxylic acids is 1. The molecule has 0 bridgehead atoms. The monoisotopic (exact) mass is 345 g/mol. The van der Waals surface area contributed by atoms with E-state index in [1.807, 2.05) is 6.07 Å². The summed E-state index contributed by atoms with van der Waals surface area (Å²) in [6.45, 7) is 3.08. The standard InChI is InChI=1S/C13H20BrN3OS/c14-12-2-1-11(19-12)3-6-16-13(18)9-17-7-4-10(15)5-8-17/h1-2,10H,3-9,15H2,(H,16,18). The van der Waals surface area contributed by atoms with Crippen molar-refractivity contribution in [2.45, 2.75) is 25.3 Å². The van der Waals surface area contributed by atoms with Crippen molar-refractivity contribution in [3.8, 4) is 0 Å². The maximum atomic E-state index is 11.8. The Morgan fingerprint density at radius 2 is 2.21 bits per heavy atom. The van der Waals surface area contributed by atoms with E-state index in [0.29, 0.717) is 19.1 Å². The van der Waals surface area contributed by atoms with E-state index in [-0.39, 0.29) is 5.91 Å². The van der Waals surface area contributed by atoms with Crippen molar-refractivity contribution in [3.05, 3.63) is 20.8 Å². The zero-order valence-electron chi connectivity index (χ0n) is 10.9. The number of nitrogens with zero attached hydrogens (tertiary/aromatic N) is 1. The van der Waals surface area contributed by atoms with Crippen molar-refractivity contribution in [2.75, 3.05) is 26.2 Å². The van der Waals surface area contributed by atoms with Crippen LogP contribution in [0.4, 0.5) is 0 Å². The van der Waals surface area contributed by atoms with Gasteiger partial charge in [0.2, 0.25) is 5.91 Å². The molecular weight excluding hydrogens is 326 g/mol. The van der Waals surface area contributed by atoms with Gasteiger partial charge in [-0.25, -0.2) is 0 Å². The largest absolute Gasteiger partial charge is 0.355 e. The van der Waals surface area contributed by atoms with Crippen LogP contribution in [-0.2, 0) is 11.2 Å². The summed E-state index contributed by atoms with van der Waals surface area (Å²) in [5.41, 5.74) is 5.84. The molecule has 0 atom stereocenters. The van der Waals surface area contributed by atoms with Crippen LogP contribution in [-0.4, -0.2) is 43.0 Å². The lowest BCUT2D eigenvalue weighted by Crippen LogP contribution is -2.44. The van der Waals surface area contributed by atoms with Gasteiger partial charge in [-0.05, 0) is 47.3 Å². The molecule has 6 heteroatoms. The molecule has 0 aromatic carbocycles. The summed E-state index contributed by atoms with van der Waals surface area (Å²) in [4.78, 5) is 15.3. The third-order valence-electron chi connectivity index (χ3n) is 3.32. The molecule has 0 aliphatic carbocycles. The minimum Gasteiger partial charge on any atom is -0.355 e. The molecule has 1 aliphatic rings. The zero-order chi connectivity index (χ0) is 13.7. The number of carbonyl (C=O) groups is 1. The van der Waals surface area contributed by atoms with E-state index in [1.165, 1.54) is 4.88 Å². The summed E-state index contributed by atoms with van der Waals surface area (Å²) in [7, 11) is 0. The number of piperidine rings is 1. The molecule has 1 aromatic rings. The van der Waals surface area contributed by atoms with Crippen molar-refractivity contribution < 1.29 is 4.79 Å². The van der Waals surface area contributed by atoms with E-state index in [4.69, 9.17) is 5.73 Å². The fraction of sp³-hybridized carbons (Fsp3) is 0.615. The van der Waals surface area contributed by atoms with Gasteiger partial charge >= 0.3 is 0 Å². The van der Waals surface area contributed by atoms with Crippen LogP contribution in [0, 0.1) is 0 Å². The highest BCUT2D eigenvalue weighted by Gasteiger charge is 2.17. The lowest BCUT2D eigenvalue weighted by Gasteiger charge is -2.29. The van der Waals surface area contributed by atoms with Crippen LogP contribution >= 0.6 is 27.3 Å². The van der Waals surface area contributed by atoms with Crippen molar-refractivity contribution in [2.24, 2.45) is 5.73 Å². The first-order valence-electron chi connectivity index (χ1n) is 6.62. The Morgan fingerprint density at radius 1 is 1.47 bits per heavy atom. The van der Waals surface area contributed by atoms with E-state index in [0.717, 1.165) is 36.1 Å². The van der Waals surface area contributed by atoms with Gasteiger partial charge in [0.15, 0.2) is 0 Å². The first kappa shape index (κ1) is 15.0. The van der Waals surface area contributed by atoms with Crippen LogP contribution in [0.2, 0.25) is 0 Å². The van der Waals surface area contributed by atoms with Crippen LogP contribution in [0.1, 0.15) is 17.7 Å². The topological polar surface area (TPSA) is 58.4 Å². The second-order valence-electron chi connectivity index (χ2n) is 4.92. The summed E-state index contributed by atoms with van der Waals surface area (Å²) in [6, 6.07) is 4.45. The minimum absolute atomic E-state index is 0.117. The molecular formula is C13H20BrN3OS. The molecule has 106 valence electrons. The van der Waals surface area contributed by atoms with Crippen LogP contribution in [0.25, 0.3) is 0 Å². The highest BCUT2D eigenvalue weighted by atomic mass is 79.9. The molecule has 1 aliphatic heterocycles. The molecule has 1 saturated heterocycles. The maximum absolute atomic E-state index is 11.8. The van der Waals surface area contributed by atoms with Crippen molar-refractivity contribution >= 4 is 33.2 Å². The number of thiophene rings is 1. The minimum atomic E-state index is 0.117. The Morgan fingerprint density at radius 3 is 2.84 bits per heavy atom. The molecule has 1 aromatic heterocycles. The Kier molecular flexibility index (Phi) is 5.81. The predicted molar refractivity (Wildman–Crippen MR) is 82.4 cm³/mol. The number of amides is 1. The van der Waals surface area contributed by atoms with Crippen LogP contribution in [0.15, 0.2) is 15.9 Å². The fourth-order valence-electron chi connectivity index (χ4n) is 2.18. The lowest BCUT2D eigenvalue weighted by atomic mass is 10.1. The highest BCUT2D eigenvalue weighted by Crippen LogP contribution is 2.22. The number of nitrogens with one attached hydrogen (secondary N) is 1. The Hall–Kier alpha value is -0.430. The van der Waals surface area contributed by atoms with Gasteiger partial charge in [0.1, 0.15) is 0 Å². The molecule has 2 rings (SSSR count). The van der Waals surface area contributed by atoms with Crippen molar-refractivity contribution in [3.63, 3.8) is 0 Å². The van der Waals surface area contributed by atoms with Gasteiger partial charge in [-0.15, -0.1) is 11.3 Å². The summed E-state index contributed by atoms with van der Waals surface area (Å²) in [6.07, 6.45) is 2.89. The molecule has 0 radical (unpaired) electrons. The van der Waals surface area contributed by atoms with Crippen molar-refractivity contribution in [1.82, 2.24) is 10.2 Å². The molecule has 0 spiro atoms. The Bertz CT molecular complexity index is 416. The molecule has 19 heavy (non-hydrogen) atoms. The van der Waals surface area contributed by atoms with Gasteiger partial charge in [0.25, 0.3) is 0 Å². The first-order chi connectivity index (χ1) is 9.13. The zero-order valence-corrected chi connectivity index (χ0v) is 13.3. The average Bonchev–Trinajstić information content (AvgIpc) is 2.78. The van der Waals surface area contributed by atoms with E-state index >= 15 is 0 Å². The third kappa shape index (κ3) is 5.22. The average molecular weight is 346 g/mol. The van der Waals surface area contributed by atoms with Gasteiger partial charge in [-0.1, -0.05) is 0 Å². The Labute approximate surface area is 126 Å². The van der Waals surface area contributed by atoms with Crippen LogP contribution < -0.4 is 11.1 Å². The van der Waals surface area contributed by atoms with E-state index < -0.39 is 0 Å². The molecule has 2 heterocycles. The Balaban J connectivity index is 1.62. The lowest BCUT2D eigenvalue weighted by molar-refractivity contribution is -0.122. The summed E-state index contributed by atoms with van der Waals surface area (Å²) in [5.74, 6) is 0.117. The molecule has 3 N–H and O–H groups in total. The summed E-state index contributed by atoms with van der Waals surface area (Å²) >= 11 is 5.15. The molecule has 1 fully saturated rings. The van der Waals surface area contributed by atoms with Gasteiger partial charge < -0.3 is 11.1 Å². The third-order valence-corrected chi connectivity index (χ3v) is 5.01. The number of hydrogen-bond acceptors (Lipinski definition) is 4. The summed E-state index contributed by atoms with van der Waals surface area (Å²) in [5, 5.41) is 2.98. The van der Waals surface area contributed by atoms with Gasteiger partial charge in [-0.3, -0.25) is 9.69 Å². The molecule has 0 unspecified atom stereocenters. The van der Waals surface area contributed by atoms with E-state index in [9.17, 15) is 4.79 Å². The highest BCUT2D eigenvalue weighted by molar-refractivity contribution is 9.11. The SMILES string of the molecule is NC1CCN(CC(=O)NCCc2ccc(Br)s2)CC1. The number of hydrogen-bond donors (Lipinski definition) is 2. The van der Waals surface area contributed by atoms with Gasteiger partial charge in [0, 0.05) is 30.6 Å². The predicted octanol–water partition coefficient (Wildman–Crippen LogP) is 1.59. The van der Waals surface area contributed by atoms with Crippen molar-refractivity contribution in [1.29, 1.82) is 0 Å². The first-order valence-corrected chi connectivity index (χ1v) is 8.23. The number of halogens is 1. The molecule has 4 nitrogen and oxygen atoms in total. The maximum Gasteiger partial charge on any atom is 0.234 e. The van der Waals surface area contributed by atoms with E-state index in [1.54, 1.807) is 11.3 Å². The van der Waals surface area contributed by atoms with Gasteiger partial charge in [-0.2, -0.15) is 0 Å². The number of rotatable bonds is 5. The fourth-order valence-corrected chi connectivity index (χ4v) is 3.66. The molecule has 1 amide bonds. The number of likely N-dealkylation sites (tertiary alicyclic amines) is 1. The van der Waals surface area contributed by atoms with Crippen LogP contribution in [0.5, 0.6) is 0 Å². The number of nitrogens with two attached hydrogens (primary N) is 1. The smallest absolute Gasteiger partial charge is 0.234 e. The normalized spacial score (nSPS) is 17.6. The van der Waals surface area contributed by atoms with Crippen LogP contribution in [0.3, 0.4) is 0 Å². The quantitative estimate of drug-likeness (QED) is 0.851. The summed E-state index contributed by atoms with van der Waals surface area (Å²) < 4.78 is 1.14. The molecule has 0 saturated carbocycles. The second-order valence-corrected chi connectivity index (χ2v) is 7.47. The van der Waals surface area contributed by atoms with Gasteiger partial charge in [0.05, 0.1) is 10.3 Å². The van der Waals surface area contributed by atoms with E-state index in [2.05, 4.69) is 32.2 Å².